The first-order valence-corrected chi connectivity index (χ1v) is 7.46. The molecule has 1 aliphatic heterocycles. The summed E-state index contributed by atoms with van der Waals surface area (Å²) in [6.45, 7) is 0. The lowest BCUT2D eigenvalue weighted by atomic mass is 9.71. The highest BCUT2D eigenvalue weighted by molar-refractivity contribution is 6.10. The van der Waals surface area contributed by atoms with Crippen LogP contribution in [0, 0.1) is 0 Å². The molecule has 6 heteroatoms. The Balaban J connectivity index is 2.05. The van der Waals surface area contributed by atoms with Gasteiger partial charge in [0.1, 0.15) is 16.9 Å². The molecule has 0 radical (unpaired) electrons. The summed E-state index contributed by atoms with van der Waals surface area (Å²) in [5.74, 6) is 0.564. The van der Waals surface area contributed by atoms with Crippen molar-refractivity contribution in [3.05, 3.63) is 71.4 Å². The zero-order valence-corrected chi connectivity index (χ0v) is 12.9. The van der Waals surface area contributed by atoms with Crippen LogP contribution in [0.15, 0.2) is 54.7 Å². The van der Waals surface area contributed by atoms with Crippen molar-refractivity contribution in [3.63, 3.8) is 0 Å². The summed E-state index contributed by atoms with van der Waals surface area (Å²) >= 11 is 0. The fraction of sp³-hybridized carbons (Fsp3) is 0.111. The lowest BCUT2D eigenvalue weighted by Crippen LogP contribution is -2.37. The number of phenols is 2. The number of phenolic OH excluding ortho intramolecular Hbond substituents is 2. The van der Waals surface area contributed by atoms with Crippen LogP contribution in [-0.2, 0) is 17.3 Å². The minimum atomic E-state index is -1.08. The Kier molecular flexibility index (Phi) is 2.90. The summed E-state index contributed by atoms with van der Waals surface area (Å²) in [4.78, 5) is 13.0. The molecule has 1 amide bonds. The number of benzene rings is 2. The zero-order valence-electron chi connectivity index (χ0n) is 12.9. The monoisotopic (exact) mass is 321 g/mol. The van der Waals surface area contributed by atoms with Gasteiger partial charge in [-0.05, 0) is 35.4 Å². The molecule has 2 heterocycles. The number of carbonyl (C=O) groups excluding carboxylic acids is 1. The van der Waals surface area contributed by atoms with Crippen molar-refractivity contribution in [2.24, 2.45) is 7.05 Å². The quantitative estimate of drug-likeness (QED) is 0.675. The first-order chi connectivity index (χ1) is 11.5. The van der Waals surface area contributed by atoms with Crippen molar-refractivity contribution >= 4 is 11.7 Å². The van der Waals surface area contributed by atoms with Crippen LogP contribution in [0.1, 0.15) is 16.7 Å². The van der Waals surface area contributed by atoms with Crippen LogP contribution >= 0.6 is 0 Å². The van der Waals surface area contributed by atoms with Crippen LogP contribution in [0.5, 0.6) is 11.5 Å². The van der Waals surface area contributed by atoms with Crippen LogP contribution in [0.4, 0.5) is 5.82 Å². The lowest BCUT2D eigenvalue weighted by Gasteiger charge is -2.28. The molecule has 1 aliphatic rings. The highest BCUT2D eigenvalue weighted by Crippen LogP contribution is 2.47. The molecule has 0 fully saturated rings. The van der Waals surface area contributed by atoms with E-state index in [-0.39, 0.29) is 17.4 Å². The summed E-state index contributed by atoms with van der Waals surface area (Å²) in [6, 6.07) is 13.1. The number of hydrogen-bond acceptors (Lipinski definition) is 4. The number of fused-ring (bicyclic) bond motifs is 1. The zero-order chi connectivity index (χ0) is 16.9. The molecular formula is C18H15N3O3. The summed E-state index contributed by atoms with van der Waals surface area (Å²) in [5.41, 5.74) is 1.10. The van der Waals surface area contributed by atoms with E-state index in [1.165, 1.54) is 0 Å². The topological polar surface area (TPSA) is 87.4 Å². The number of carbonyl (C=O) groups is 1. The second-order valence-electron chi connectivity index (χ2n) is 5.86. The van der Waals surface area contributed by atoms with E-state index in [4.69, 9.17) is 0 Å². The van der Waals surface area contributed by atoms with E-state index in [0.29, 0.717) is 5.82 Å². The van der Waals surface area contributed by atoms with E-state index < -0.39 is 5.41 Å². The Morgan fingerprint density at radius 3 is 1.96 bits per heavy atom. The van der Waals surface area contributed by atoms with Gasteiger partial charge in [0, 0.05) is 18.8 Å². The molecule has 0 atom stereocenters. The molecular weight excluding hydrogens is 306 g/mol. The summed E-state index contributed by atoms with van der Waals surface area (Å²) in [7, 11) is 1.79. The molecule has 24 heavy (non-hydrogen) atoms. The lowest BCUT2D eigenvalue weighted by molar-refractivity contribution is -0.118. The Morgan fingerprint density at radius 1 is 0.958 bits per heavy atom. The number of anilines is 1. The largest absolute Gasteiger partial charge is 0.508 e. The minimum absolute atomic E-state index is 0.129. The third-order valence-corrected chi connectivity index (χ3v) is 4.41. The molecule has 0 aliphatic carbocycles. The van der Waals surface area contributed by atoms with E-state index in [1.54, 1.807) is 60.3 Å². The maximum Gasteiger partial charge on any atom is 0.245 e. The maximum absolute atomic E-state index is 13.0. The van der Waals surface area contributed by atoms with Crippen molar-refractivity contribution in [1.82, 2.24) is 9.78 Å². The predicted octanol–water partition coefficient (Wildman–Crippen LogP) is 2.12. The van der Waals surface area contributed by atoms with Gasteiger partial charge in [-0.15, -0.1) is 0 Å². The smallest absolute Gasteiger partial charge is 0.245 e. The number of nitrogens with one attached hydrogen (secondary N) is 1. The van der Waals surface area contributed by atoms with Gasteiger partial charge < -0.3 is 15.5 Å². The molecule has 120 valence electrons. The molecule has 0 spiro atoms. The predicted molar refractivity (Wildman–Crippen MR) is 87.9 cm³/mol. The molecule has 1 aromatic heterocycles. The van der Waals surface area contributed by atoms with Gasteiger partial charge in [-0.2, -0.15) is 5.10 Å². The van der Waals surface area contributed by atoms with E-state index in [9.17, 15) is 15.0 Å². The maximum atomic E-state index is 13.0. The molecule has 0 saturated carbocycles. The van der Waals surface area contributed by atoms with Crippen LogP contribution < -0.4 is 5.32 Å². The Hall–Kier alpha value is -3.28. The van der Waals surface area contributed by atoms with Gasteiger partial charge in [0.05, 0.1) is 0 Å². The average molecular weight is 321 g/mol. The van der Waals surface area contributed by atoms with Crippen LogP contribution in [0.3, 0.4) is 0 Å². The van der Waals surface area contributed by atoms with Gasteiger partial charge in [-0.3, -0.25) is 9.48 Å². The average Bonchev–Trinajstić information content (AvgIpc) is 3.03. The molecule has 0 saturated heterocycles. The third-order valence-electron chi connectivity index (χ3n) is 4.41. The van der Waals surface area contributed by atoms with Crippen molar-refractivity contribution in [3.8, 4) is 11.5 Å². The second kappa shape index (κ2) is 4.86. The van der Waals surface area contributed by atoms with Crippen molar-refractivity contribution < 1.29 is 15.0 Å². The van der Waals surface area contributed by atoms with Crippen LogP contribution in [-0.4, -0.2) is 25.9 Å². The van der Waals surface area contributed by atoms with E-state index >= 15 is 0 Å². The number of aromatic hydroxyl groups is 2. The third kappa shape index (κ3) is 1.83. The number of amides is 1. The number of rotatable bonds is 2. The first kappa shape index (κ1) is 14.3. The fourth-order valence-electron chi connectivity index (χ4n) is 3.34. The Morgan fingerprint density at radius 2 is 1.46 bits per heavy atom. The number of aryl methyl sites for hydroxylation is 1. The van der Waals surface area contributed by atoms with Gasteiger partial charge >= 0.3 is 0 Å². The molecule has 0 unspecified atom stereocenters. The number of aromatic nitrogens is 2. The van der Waals surface area contributed by atoms with Crippen LogP contribution in [0.2, 0.25) is 0 Å². The van der Waals surface area contributed by atoms with Gasteiger partial charge in [-0.1, -0.05) is 24.3 Å². The van der Waals surface area contributed by atoms with Gasteiger partial charge in [0.15, 0.2) is 5.82 Å². The molecule has 3 aromatic rings. The van der Waals surface area contributed by atoms with E-state index in [2.05, 4.69) is 10.4 Å². The normalized spacial score (nSPS) is 15.1. The summed E-state index contributed by atoms with van der Waals surface area (Å²) in [5, 5.41) is 26.4. The molecule has 0 bridgehead atoms. The molecule has 4 rings (SSSR count). The summed E-state index contributed by atoms with van der Waals surface area (Å²) in [6.07, 6.45) is 1.81. The highest BCUT2D eigenvalue weighted by atomic mass is 16.3. The second-order valence-corrected chi connectivity index (χ2v) is 5.86. The molecule has 6 nitrogen and oxygen atoms in total. The molecule has 3 N–H and O–H groups in total. The number of hydrogen-bond donors (Lipinski definition) is 3. The van der Waals surface area contributed by atoms with Gasteiger partial charge in [0.25, 0.3) is 0 Å². The molecule has 2 aromatic carbocycles. The Labute approximate surface area is 138 Å². The van der Waals surface area contributed by atoms with E-state index in [1.807, 2.05) is 6.20 Å². The summed E-state index contributed by atoms with van der Waals surface area (Å²) < 4.78 is 1.65. The highest BCUT2D eigenvalue weighted by Gasteiger charge is 2.51. The Bertz CT molecular complexity index is 882. The van der Waals surface area contributed by atoms with E-state index in [0.717, 1.165) is 16.7 Å². The van der Waals surface area contributed by atoms with Crippen molar-refractivity contribution in [2.45, 2.75) is 5.41 Å². The van der Waals surface area contributed by atoms with Crippen molar-refractivity contribution in [1.29, 1.82) is 0 Å². The van der Waals surface area contributed by atoms with Crippen molar-refractivity contribution in [2.75, 3.05) is 5.32 Å². The van der Waals surface area contributed by atoms with Crippen LogP contribution in [0.25, 0.3) is 0 Å². The van der Waals surface area contributed by atoms with Gasteiger partial charge in [-0.25, -0.2) is 0 Å². The van der Waals surface area contributed by atoms with Gasteiger partial charge in [0.2, 0.25) is 5.91 Å². The fourth-order valence-corrected chi connectivity index (χ4v) is 3.34. The number of nitrogens with zero attached hydrogens (tertiary/aromatic N) is 2. The minimum Gasteiger partial charge on any atom is -0.508 e. The standard InChI is InChI=1S/C18H15N3O3/c1-21-10-15-16(20-21)19-17(24)18(15,11-2-6-13(22)7-3-11)12-4-8-14(23)9-5-12/h2-10,22-23H,1H3,(H,19,20,24). The first-order valence-electron chi connectivity index (χ1n) is 7.46. The SMILES string of the molecule is Cn1cc2c(n1)NC(=O)C2(c1ccc(O)cc1)c1ccc(O)cc1.